The zero-order chi connectivity index (χ0) is 26.9. The van der Waals surface area contributed by atoms with Crippen LogP contribution in [0.3, 0.4) is 0 Å². The molecule has 0 saturated heterocycles. The molecule has 0 aliphatic rings. The first-order valence-corrected chi connectivity index (χ1v) is 12.3. The van der Waals surface area contributed by atoms with Crippen molar-refractivity contribution < 1.29 is 24.9 Å². The number of aromatic nitrogens is 2. The lowest BCUT2D eigenvalue weighted by atomic mass is 10.1. The lowest BCUT2D eigenvalue weighted by Gasteiger charge is -2.00. The number of H-pyrrole nitrogens is 1. The summed E-state index contributed by atoms with van der Waals surface area (Å²) in [5, 5.41) is 30.2. The molecule has 1 aromatic heterocycles. The van der Waals surface area contributed by atoms with Gasteiger partial charge in [0.25, 0.3) is 0 Å². The Hall–Kier alpha value is -4.89. The summed E-state index contributed by atoms with van der Waals surface area (Å²) in [6, 6.07) is 27.2. The van der Waals surface area contributed by atoms with E-state index in [4.69, 9.17) is 5.11 Å². The number of aromatic hydroxyl groups is 3. The van der Waals surface area contributed by atoms with Gasteiger partial charge in [-0.05, 0) is 65.7 Å². The largest absolute Gasteiger partial charge is 0.508 e. The van der Waals surface area contributed by atoms with E-state index < -0.39 is 6.09 Å². The fourth-order valence-corrected chi connectivity index (χ4v) is 4.25. The number of hydrogen-bond acceptors (Lipinski definition) is 7. The number of amides is 1. The maximum Gasteiger partial charge on any atom is 0.413 e. The van der Waals surface area contributed by atoms with Crippen LogP contribution in [0.5, 0.6) is 17.2 Å². The minimum Gasteiger partial charge on any atom is -0.508 e. The highest BCUT2D eigenvalue weighted by Gasteiger charge is 2.07. The number of rotatable bonds is 5. The number of benzene rings is 4. The van der Waals surface area contributed by atoms with Gasteiger partial charge >= 0.3 is 6.09 Å². The van der Waals surface area contributed by atoms with Crippen LogP contribution >= 0.6 is 11.8 Å². The van der Waals surface area contributed by atoms with Crippen LogP contribution in [0.15, 0.2) is 101 Å². The van der Waals surface area contributed by atoms with E-state index in [-0.39, 0.29) is 17.2 Å². The molecule has 0 aliphatic carbocycles. The number of phenolic OH excluding ortho intramolecular Hbond substituents is 3. The van der Waals surface area contributed by atoms with Crippen molar-refractivity contribution in [3.05, 3.63) is 102 Å². The van der Waals surface area contributed by atoms with Crippen LogP contribution in [0.1, 0.15) is 11.1 Å². The molecule has 1 heterocycles. The molecule has 0 unspecified atom stereocenters. The topological polar surface area (TPSA) is 128 Å². The Morgan fingerprint density at radius 2 is 1.50 bits per heavy atom. The minimum atomic E-state index is -0.548. The molecular formula is C29H25N3O5S. The third-order valence-corrected chi connectivity index (χ3v) is 6.12. The Morgan fingerprint density at radius 1 is 0.816 bits per heavy atom. The van der Waals surface area contributed by atoms with Crippen LogP contribution in [-0.2, 0) is 4.74 Å². The second-order valence-electron chi connectivity index (χ2n) is 8.00. The van der Waals surface area contributed by atoms with Gasteiger partial charge < -0.3 is 25.0 Å². The monoisotopic (exact) mass is 527 g/mol. The number of methoxy groups -OCH3 is 1. The van der Waals surface area contributed by atoms with Gasteiger partial charge in [0.1, 0.15) is 17.2 Å². The van der Waals surface area contributed by atoms with Crippen molar-refractivity contribution in [1.29, 1.82) is 0 Å². The summed E-state index contributed by atoms with van der Waals surface area (Å²) in [4.78, 5) is 20.8. The molecular weight excluding hydrogens is 502 g/mol. The normalized spacial score (nSPS) is 10.7. The van der Waals surface area contributed by atoms with E-state index in [2.05, 4.69) is 32.2 Å². The van der Waals surface area contributed by atoms with Crippen molar-refractivity contribution in [2.24, 2.45) is 0 Å². The second-order valence-corrected chi connectivity index (χ2v) is 9.15. The molecule has 8 nitrogen and oxygen atoms in total. The zero-order valence-corrected chi connectivity index (χ0v) is 21.1. The molecule has 0 atom stereocenters. The lowest BCUT2D eigenvalue weighted by Crippen LogP contribution is -2.11. The van der Waals surface area contributed by atoms with Crippen LogP contribution in [-0.4, -0.2) is 38.5 Å². The molecule has 0 bridgehead atoms. The van der Waals surface area contributed by atoms with Gasteiger partial charge in [-0.1, -0.05) is 54.2 Å². The van der Waals surface area contributed by atoms with Crippen molar-refractivity contribution in [2.45, 2.75) is 9.79 Å². The molecule has 0 fully saturated rings. The zero-order valence-electron chi connectivity index (χ0n) is 20.3. The fourth-order valence-electron chi connectivity index (χ4n) is 3.38. The molecule has 5 rings (SSSR count). The highest BCUT2D eigenvalue weighted by atomic mass is 32.2. The summed E-state index contributed by atoms with van der Waals surface area (Å²) < 4.78 is 4.54. The van der Waals surface area contributed by atoms with Gasteiger partial charge in [0.2, 0.25) is 5.95 Å². The van der Waals surface area contributed by atoms with Crippen molar-refractivity contribution in [3.63, 3.8) is 0 Å². The fraction of sp³-hybridized carbons (Fsp3) is 0.0345. The van der Waals surface area contributed by atoms with Gasteiger partial charge in [-0.15, -0.1) is 0 Å². The number of fused-ring (bicyclic) bond motifs is 1. The molecule has 0 radical (unpaired) electrons. The molecule has 4 aromatic carbocycles. The highest BCUT2D eigenvalue weighted by Crippen LogP contribution is 2.29. The van der Waals surface area contributed by atoms with E-state index in [1.54, 1.807) is 54.2 Å². The Morgan fingerprint density at radius 3 is 2.18 bits per heavy atom. The van der Waals surface area contributed by atoms with Crippen molar-refractivity contribution in [1.82, 2.24) is 9.97 Å². The van der Waals surface area contributed by atoms with E-state index in [9.17, 15) is 15.0 Å². The Balaban J connectivity index is 0.000000181. The summed E-state index contributed by atoms with van der Waals surface area (Å²) in [5.74, 6) is 0.640. The van der Waals surface area contributed by atoms with Crippen LogP contribution in [0, 0.1) is 0 Å². The van der Waals surface area contributed by atoms with Gasteiger partial charge in [0.15, 0.2) is 0 Å². The number of ether oxygens (including phenoxy) is 1. The number of hydrogen-bond donors (Lipinski definition) is 5. The first-order chi connectivity index (χ1) is 18.4. The Kier molecular flexibility index (Phi) is 8.53. The second kappa shape index (κ2) is 12.4. The van der Waals surface area contributed by atoms with E-state index in [1.807, 2.05) is 42.5 Å². The quantitative estimate of drug-likeness (QED) is 0.158. The number of phenols is 3. The van der Waals surface area contributed by atoms with Gasteiger partial charge in [0, 0.05) is 15.9 Å². The first-order valence-electron chi connectivity index (χ1n) is 11.5. The maximum absolute atomic E-state index is 11.2. The number of carbonyl (C=O) groups is 1. The minimum absolute atomic E-state index is 0.0235. The lowest BCUT2D eigenvalue weighted by molar-refractivity contribution is 0.186. The number of carbonyl (C=O) groups excluding carboxylic acids is 1. The number of anilines is 1. The van der Waals surface area contributed by atoms with Crippen LogP contribution < -0.4 is 5.32 Å². The third kappa shape index (κ3) is 7.55. The SMILES string of the molecule is COC(=O)Nc1nc2ccc(Sc3ccccc3)cc2[nH]1.Oc1ccc(C=Cc2cc(O)cc(O)c2)cc1. The molecule has 9 heteroatoms. The number of nitrogens with zero attached hydrogens (tertiary/aromatic N) is 1. The summed E-state index contributed by atoms with van der Waals surface area (Å²) in [6.45, 7) is 0. The van der Waals surface area contributed by atoms with Crippen LogP contribution in [0.2, 0.25) is 0 Å². The highest BCUT2D eigenvalue weighted by molar-refractivity contribution is 7.99. The van der Waals surface area contributed by atoms with E-state index in [0.29, 0.717) is 11.5 Å². The smallest absolute Gasteiger partial charge is 0.413 e. The molecule has 5 N–H and O–H groups in total. The van der Waals surface area contributed by atoms with Crippen LogP contribution in [0.25, 0.3) is 23.2 Å². The van der Waals surface area contributed by atoms with Gasteiger partial charge in [0.05, 0.1) is 18.1 Å². The number of aromatic amines is 1. The predicted octanol–water partition coefficient (Wildman–Crippen LogP) is 6.87. The molecule has 0 saturated carbocycles. The molecule has 5 aromatic rings. The van der Waals surface area contributed by atoms with Crippen molar-refractivity contribution in [2.75, 3.05) is 12.4 Å². The third-order valence-electron chi connectivity index (χ3n) is 5.12. The molecule has 38 heavy (non-hydrogen) atoms. The van der Waals surface area contributed by atoms with E-state index in [0.717, 1.165) is 21.5 Å². The summed E-state index contributed by atoms with van der Waals surface area (Å²) in [5.41, 5.74) is 3.28. The van der Waals surface area contributed by atoms with Gasteiger partial charge in [-0.2, -0.15) is 0 Å². The summed E-state index contributed by atoms with van der Waals surface area (Å²) >= 11 is 1.67. The average Bonchev–Trinajstić information content (AvgIpc) is 3.30. The summed E-state index contributed by atoms with van der Waals surface area (Å²) in [7, 11) is 1.31. The predicted molar refractivity (Wildman–Crippen MR) is 149 cm³/mol. The first kappa shape index (κ1) is 26.2. The van der Waals surface area contributed by atoms with Gasteiger partial charge in [-0.25, -0.2) is 9.78 Å². The van der Waals surface area contributed by atoms with E-state index >= 15 is 0 Å². The van der Waals surface area contributed by atoms with E-state index in [1.165, 1.54) is 18.1 Å². The molecule has 0 spiro atoms. The Labute approximate surface area is 223 Å². The van der Waals surface area contributed by atoms with Gasteiger partial charge in [-0.3, -0.25) is 5.32 Å². The van der Waals surface area contributed by atoms with Crippen LogP contribution in [0.4, 0.5) is 10.7 Å². The molecule has 0 aliphatic heterocycles. The average molecular weight is 528 g/mol. The number of imidazole rings is 1. The standard InChI is InChI=1S/C15H13N3O2S.C14H12O3/c1-20-15(19)18-14-16-12-8-7-11(9-13(12)17-14)21-10-5-3-2-4-6-10;15-12-5-3-10(4-6-12)1-2-11-7-13(16)9-14(17)8-11/h2-9H,1H3,(H2,16,17,18,19);1-9,15-17H. The molecule has 192 valence electrons. The van der Waals surface area contributed by atoms with Crippen molar-refractivity contribution >= 4 is 47.0 Å². The maximum atomic E-state index is 11.2. The van der Waals surface area contributed by atoms with Crippen molar-refractivity contribution in [3.8, 4) is 17.2 Å². The number of nitrogens with one attached hydrogen (secondary N) is 2. The molecule has 1 amide bonds. The summed E-state index contributed by atoms with van der Waals surface area (Å²) in [6.07, 6.45) is 3.05. The Bertz CT molecular complexity index is 1530.